The molecule has 5 rings (SSSR count). The molecule has 2 aliphatic rings. The monoisotopic (exact) mass is 437 g/mol. The van der Waals surface area contributed by atoms with E-state index in [1.165, 1.54) is 12.1 Å². The number of amides is 4. The molecule has 32 heavy (non-hydrogen) atoms. The van der Waals surface area contributed by atoms with Crippen molar-refractivity contribution in [2.75, 3.05) is 31.1 Å². The lowest BCUT2D eigenvalue weighted by Gasteiger charge is -2.36. The number of hydrogen-bond acceptors (Lipinski definition) is 6. The molecule has 10 nitrogen and oxygen atoms in total. The van der Waals surface area contributed by atoms with Gasteiger partial charge in [0.2, 0.25) is 11.8 Å². The van der Waals surface area contributed by atoms with Crippen LogP contribution in [0.2, 0.25) is 0 Å². The van der Waals surface area contributed by atoms with Gasteiger partial charge in [-0.2, -0.15) is 5.10 Å². The van der Waals surface area contributed by atoms with Crippen LogP contribution in [0.5, 0.6) is 0 Å². The molecule has 164 valence electrons. The first kappa shape index (κ1) is 19.9. The van der Waals surface area contributed by atoms with Gasteiger partial charge in [0.05, 0.1) is 23.8 Å². The number of anilines is 1. The number of imidazole rings is 1. The summed E-state index contributed by atoms with van der Waals surface area (Å²) >= 11 is 0. The SMILES string of the molecule is O=C1NCC(c2cc(N3CCN(Cc4ccc(F)cc4)C(=O)C3)c3nccn3n2)C(=O)N1. The first-order valence-corrected chi connectivity index (χ1v) is 10.2. The van der Waals surface area contributed by atoms with Crippen LogP contribution < -0.4 is 15.5 Å². The van der Waals surface area contributed by atoms with Crippen LogP contribution in [-0.4, -0.2) is 63.5 Å². The summed E-state index contributed by atoms with van der Waals surface area (Å²) in [5.74, 6) is -1.44. The van der Waals surface area contributed by atoms with E-state index < -0.39 is 17.9 Å². The molecule has 2 aromatic heterocycles. The van der Waals surface area contributed by atoms with Crippen molar-refractivity contribution in [1.82, 2.24) is 30.1 Å². The van der Waals surface area contributed by atoms with E-state index in [1.807, 2.05) is 4.90 Å². The number of nitrogens with zero attached hydrogens (tertiary/aromatic N) is 5. The maximum Gasteiger partial charge on any atom is 0.321 e. The standard InChI is InChI=1S/C21H20FN7O3/c22-14-3-1-13(2-4-14)11-28-8-7-27(12-18(28)30)17-9-16(26-29-6-5-23-19(17)29)15-10-24-21(32)25-20(15)31/h1-6,9,15H,7-8,10-12H2,(H2,24,25,31,32). The normalized spacial score (nSPS) is 19.3. The lowest BCUT2D eigenvalue weighted by molar-refractivity contribution is -0.131. The molecular weight excluding hydrogens is 417 g/mol. The van der Waals surface area contributed by atoms with Crippen LogP contribution in [0.4, 0.5) is 14.9 Å². The summed E-state index contributed by atoms with van der Waals surface area (Å²) in [6, 6.07) is 7.34. The first-order valence-electron chi connectivity index (χ1n) is 10.2. The third-order valence-corrected chi connectivity index (χ3v) is 5.68. The minimum Gasteiger partial charge on any atom is -0.357 e. The van der Waals surface area contributed by atoms with Gasteiger partial charge in [-0.15, -0.1) is 0 Å². The zero-order chi connectivity index (χ0) is 22.2. The third kappa shape index (κ3) is 3.72. The Labute approximate surface area is 182 Å². The van der Waals surface area contributed by atoms with Crippen LogP contribution in [0.25, 0.3) is 5.65 Å². The number of benzene rings is 1. The Morgan fingerprint density at radius 2 is 1.94 bits per heavy atom. The Hall–Kier alpha value is -4.02. The minimum absolute atomic E-state index is 0.0636. The lowest BCUT2D eigenvalue weighted by atomic mass is 10.0. The number of fused-ring (bicyclic) bond motifs is 1. The van der Waals surface area contributed by atoms with Gasteiger partial charge in [-0.05, 0) is 23.8 Å². The Morgan fingerprint density at radius 3 is 2.69 bits per heavy atom. The molecule has 1 aromatic carbocycles. The second-order valence-electron chi connectivity index (χ2n) is 7.77. The van der Waals surface area contributed by atoms with Gasteiger partial charge in [-0.25, -0.2) is 18.7 Å². The molecule has 0 aliphatic carbocycles. The third-order valence-electron chi connectivity index (χ3n) is 5.68. The average molecular weight is 437 g/mol. The van der Waals surface area contributed by atoms with Gasteiger partial charge < -0.3 is 15.1 Å². The fourth-order valence-electron chi connectivity index (χ4n) is 3.98. The molecule has 0 bridgehead atoms. The van der Waals surface area contributed by atoms with E-state index in [2.05, 4.69) is 20.7 Å². The van der Waals surface area contributed by atoms with Gasteiger partial charge >= 0.3 is 6.03 Å². The summed E-state index contributed by atoms with van der Waals surface area (Å²) < 4.78 is 14.7. The van der Waals surface area contributed by atoms with E-state index in [9.17, 15) is 18.8 Å². The van der Waals surface area contributed by atoms with Gasteiger partial charge in [0.15, 0.2) is 5.65 Å². The van der Waals surface area contributed by atoms with Gasteiger partial charge in [0.25, 0.3) is 0 Å². The molecule has 11 heteroatoms. The van der Waals surface area contributed by atoms with E-state index in [4.69, 9.17) is 0 Å². The Balaban J connectivity index is 1.38. The molecule has 4 heterocycles. The number of nitrogens with one attached hydrogen (secondary N) is 2. The summed E-state index contributed by atoms with van der Waals surface area (Å²) in [5, 5.41) is 9.34. The number of halogens is 1. The molecule has 2 fully saturated rings. The number of imide groups is 1. The Bertz CT molecular complexity index is 1210. The van der Waals surface area contributed by atoms with E-state index >= 15 is 0 Å². The Kier molecular flexibility index (Phi) is 4.92. The summed E-state index contributed by atoms with van der Waals surface area (Å²) in [4.78, 5) is 44.6. The quantitative estimate of drug-likeness (QED) is 0.620. The van der Waals surface area contributed by atoms with Crippen molar-refractivity contribution >= 4 is 29.2 Å². The van der Waals surface area contributed by atoms with Crippen molar-refractivity contribution in [2.24, 2.45) is 0 Å². The summed E-state index contributed by atoms with van der Waals surface area (Å²) in [7, 11) is 0. The van der Waals surface area contributed by atoms with E-state index in [0.29, 0.717) is 36.7 Å². The van der Waals surface area contributed by atoms with E-state index in [0.717, 1.165) is 5.56 Å². The number of urea groups is 1. The molecule has 3 aromatic rings. The largest absolute Gasteiger partial charge is 0.357 e. The van der Waals surface area contributed by atoms with Crippen LogP contribution in [0.3, 0.4) is 0 Å². The molecule has 2 N–H and O–H groups in total. The van der Waals surface area contributed by atoms with Gasteiger partial charge in [0.1, 0.15) is 5.82 Å². The Morgan fingerprint density at radius 1 is 1.12 bits per heavy atom. The van der Waals surface area contributed by atoms with Crippen LogP contribution in [0.1, 0.15) is 17.2 Å². The fraction of sp³-hybridized carbons (Fsp3) is 0.286. The minimum atomic E-state index is -0.645. The summed E-state index contributed by atoms with van der Waals surface area (Å²) in [6.07, 6.45) is 3.28. The highest BCUT2D eigenvalue weighted by Crippen LogP contribution is 2.27. The highest BCUT2D eigenvalue weighted by molar-refractivity contribution is 6.00. The number of aromatic nitrogens is 3. The van der Waals surface area contributed by atoms with Crippen molar-refractivity contribution in [3.05, 3.63) is 59.8 Å². The molecule has 1 atom stereocenters. The van der Waals surface area contributed by atoms with Crippen molar-refractivity contribution in [2.45, 2.75) is 12.5 Å². The molecule has 1 unspecified atom stereocenters. The highest BCUT2D eigenvalue weighted by Gasteiger charge is 2.32. The van der Waals surface area contributed by atoms with Crippen molar-refractivity contribution in [1.29, 1.82) is 0 Å². The second kappa shape index (κ2) is 7.91. The van der Waals surface area contributed by atoms with Crippen molar-refractivity contribution < 1.29 is 18.8 Å². The topological polar surface area (TPSA) is 112 Å². The smallest absolute Gasteiger partial charge is 0.321 e. The van der Waals surface area contributed by atoms with Gasteiger partial charge in [-0.1, -0.05) is 12.1 Å². The zero-order valence-electron chi connectivity index (χ0n) is 17.0. The maximum atomic E-state index is 13.1. The first-order chi connectivity index (χ1) is 15.5. The number of carbonyl (C=O) groups is 3. The fourth-order valence-corrected chi connectivity index (χ4v) is 3.98. The molecule has 4 amide bonds. The molecule has 2 saturated heterocycles. The van der Waals surface area contributed by atoms with E-state index in [1.54, 1.807) is 40.0 Å². The number of piperazine rings is 1. The van der Waals surface area contributed by atoms with Gasteiger partial charge in [0, 0.05) is 38.6 Å². The van der Waals surface area contributed by atoms with Crippen molar-refractivity contribution in [3.8, 4) is 0 Å². The van der Waals surface area contributed by atoms with Crippen LogP contribution >= 0.6 is 0 Å². The predicted octanol–water partition coefficient (Wildman–Crippen LogP) is 0.640. The second-order valence-corrected chi connectivity index (χ2v) is 7.77. The maximum absolute atomic E-state index is 13.1. The number of hydrogen-bond donors (Lipinski definition) is 2. The van der Waals surface area contributed by atoms with Crippen molar-refractivity contribution in [3.63, 3.8) is 0 Å². The molecule has 0 saturated carbocycles. The molecular formula is C21H20FN7O3. The van der Waals surface area contributed by atoms with Crippen LogP contribution in [0, 0.1) is 5.82 Å². The average Bonchev–Trinajstić information content (AvgIpc) is 3.25. The number of rotatable bonds is 4. The van der Waals surface area contributed by atoms with Crippen LogP contribution in [-0.2, 0) is 16.1 Å². The lowest BCUT2D eigenvalue weighted by Crippen LogP contribution is -2.51. The van der Waals surface area contributed by atoms with E-state index in [-0.39, 0.29) is 24.8 Å². The zero-order valence-corrected chi connectivity index (χ0v) is 17.0. The molecule has 2 aliphatic heterocycles. The summed E-state index contributed by atoms with van der Waals surface area (Å²) in [5.41, 5.74) is 2.61. The molecule has 0 spiro atoms. The summed E-state index contributed by atoms with van der Waals surface area (Å²) in [6.45, 7) is 1.74. The number of carbonyl (C=O) groups excluding carboxylic acids is 3. The predicted molar refractivity (Wildman–Crippen MR) is 111 cm³/mol. The highest BCUT2D eigenvalue weighted by atomic mass is 19.1. The molecule has 0 radical (unpaired) electrons. The van der Waals surface area contributed by atoms with Crippen LogP contribution in [0.15, 0.2) is 42.7 Å². The van der Waals surface area contributed by atoms with Gasteiger partial charge in [-0.3, -0.25) is 14.9 Å².